The molecule has 5 rings (SSSR count). The molecule has 6 unspecified atom stereocenters. The van der Waals surface area contributed by atoms with Gasteiger partial charge in [-0.25, -0.2) is 0 Å². The zero-order chi connectivity index (χ0) is 23.1. The monoisotopic (exact) mass is 450 g/mol. The average Bonchev–Trinajstić information content (AvgIpc) is 2.82. The maximum atomic E-state index is 13.3. The van der Waals surface area contributed by atoms with Crippen molar-refractivity contribution in [2.75, 3.05) is 0 Å². The zero-order valence-corrected chi connectivity index (χ0v) is 20.3. The lowest BCUT2D eigenvalue weighted by atomic mass is 9.71. The molecule has 6 heteroatoms. The summed E-state index contributed by atoms with van der Waals surface area (Å²) in [5.41, 5.74) is 2.71. The van der Waals surface area contributed by atoms with E-state index in [1.165, 1.54) is 32.1 Å². The lowest BCUT2D eigenvalue weighted by Crippen LogP contribution is -2.57. The maximum absolute atomic E-state index is 13.3. The van der Waals surface area contributed by atoms with E-state index in [9.17, 15) is 9.59 Å². The number of carbonyl (C=O) groups excluding carboxylic acids is 1. The Labute approximate surface area is 196 Å². The maximum Gasteiger partial charge on any atom is 0.254 e. The fourth-order valence-electron chi connectivity index (χ4n) is 6.65. The molecule has 1 saturated heterocycles. The third kappa shape index (κ3) is 4.46. The molecular weight excluding hydrogens is 412 g/mol. The van der Waals surface area contributed by atoms with Gasteiger partial charge in [-0.15, -0.1) is 0 Å². The van der Waals surface area contributed by atoms with Crippen LogP contribution >= 0.6 is 0 Å². The Morgan fingerprint density at radius 2 is 1.94 bits per heavy atom. The lowest BCUT2D eigenvalue weighted by Gasteiger charge is -2.41. The Balaban J connectivity index is 1.31. The van der Waals surface area contributed by atoms with Crippen molar-refractivity contribution in [1.29, 1.82) is 0 Å². The summed E-state index contributed by atoms with van der Waals surface area (Å²) < 4.78 is 1.75. The van der Waals surface area contributed by atoms with Gasteiger partial charge < -0.3 is 9.88 Å². The van der Waals surface area contributed by atoms with Gasteiger partial charge in [-0.1, -0.05) is 19.8 Å². The lowest BCUT2D eigenvalue weighted by molar-refractivity contribution is -0.127. The highest BCUT2D eigenvalue weighted by atomic mass is 16.2. The van der Waals surface area contributed by atoms with Gasteiger partial charge in [-0.3, -0.25) is 19.9 Å². The Bertz CT molecular complexity index is 1090. The number of aromatic nitrogens is 2. The van der Waals surface area contributed by atoms with Gasteiger partial charge in [-0.05, 0) is 81.8 Å². The predicted octanol–water partition coefficient (Wildman–Crippen LogP) is 4.15. The summed E-state index contributed by atoms with van der Waals surface area (Å²) in [7, 11) is 1.85. The molecule has 1 amide bonds. The second-order valence-electron chi connectivity index (χ2n) is 10.9. The summed E-state index contributed by atoms with van der Waals surface area (Å²) in [5.74, 6) is 1.39. The van der Waals surface area contributed by atoms with E-state index in [1.807, 2.05) is 32.3 Å². The van der Waals surface area contributed by atoms with Crippen LogP contribution in [0.2, 0.25) is 0 Å². The Hall–Kier alpha value is -2.21. The molecule has 3 aliphatic rings. The molecule has 2 aromatic heterocycles. The molecule has 2 saturated carbocycles. The molecule has 0 spiro atoms. The van der Waals surface area contributed by atoms with Crippen LogP contribution in [-0.4, -0.2) is 27.7 Å². The SMILES string of the molecule is Cc1cc2c(cn1)cc(C1CC(C(=O)NC3CCC4CCCCC4N3)CCC1C)c(=O)n2C. The van der Waals surface area contributed by atoms with Crippen LogP contribution in [0.1, 0.15) is 81.9 Å². The van der Waals surface area contributed by atoms with E-state index in [4.69, 9.17) is 0 Å². The fraction of sp³-hybridized carbons (Fsp3) is 0.667. The van der Waals surface area contributed by atoms with Gasteiger partial charge in [0.1, 0.15) is 0 Å². The number of rotatable bonds is 3. The second kappa shape index (κ2) is 9.21. The minimum absolute atomic E-state index is 0.0337. The van der Waals surface area contributed by atoms with Crippen LogP contribution in [0.15, 0.2) is 23.1 Å². The number of aryl methyl sites for hydroxylation is 2. The molecule has 3 heterocycles. The first-order valence-corrected chi connectivity index (χ1v) is 12.9. The minimum atomic E-state index is -0.0337. The highest BCUT2D eigenvalue weighted by Crippen LogP contribution is 2.40. The van der Waals surface area contributed by atoms with Crippen LogP contribution in [0, 0.1) is 24.7 Å². The van der Waals surface area contributed by atoms with Gasteiger partial charge >= 0.3 is 0 Å². The molecule has 0 radical (unpaired) electrons. The average molecular weight is 451 g/mol. The molecule has 178 valence electrons. The summed E-state index contributed by atoms with van der Waals surface area (Å²) >= 11 is 0. The number of fused-ring (bicyclic) bond motifs is 2. The first-order chi connectivity index (χ1) is 15.9. The number of hydrogen-bond donors (Lipinski definition) is 2. The van der Waals surface area contributed by atoms with Crippen molar-refractivity contribution in [3.8, 4) is 0 Å². The predicted molar refractivity (Wildman–Crippen MR) is 131 cm³/mol. The van der Waals surface area contributed by atoms with Crippen molar-refractivity contribution in [2.24, 2.45) is 24.8 Å². The highest BCUT2D eigenvalue weighted by molar-refractivity contribution is 5.80. The molecule has 2 N–H and O–H groups in total. The summed E-state index contributed by atoms with van der Waals surface area (Å²) in [6.45, 7) is 4.17. The molecule has 2 aromatic rings. The number of nitrogens with zero attached hydrogens (tertiary/aromatic N) is 2. The van der Waals surface area contributed by atoms with Gasteiger partial charge in [0.15, 0.2) is 0 Å². The first-order valence-electron chi connectivity index (χ1n) is 12.9. The largest absolute Gasteiger partial charge is 0.341 e. The van der Waals surface area contributed by atoms with Crippen molar-refractivity contribution >= 4 is 16.8 Å². The molecule has 2 aliphatic carbocycles. The van der Waals surface area contributed by atoms with E-state index in [0.717, 1.165) is 53.8 Å². The van der Waals surface area contributed by atoms with E-state index < -0.39 is 0 Å². The van der Waals surface area contributed by atoms with Crippen LogP contribution in [0.5, 0.6) is 0 Å². The Kier molecular flexibility index (Phi) is 6.30. The molecule has 6 nitrogen and oxygen atoms in total. The standard InChI is InChI=1S/C27H38N4O2/c1-16-8-9-19(26(32)30-25-11-10-18-6-4-5-7-23(18)29-25)13-21(16)22-14-20-15-28-17(2)12-24(20)31(3)27(22)33/h12,14-16,18-19,21,23,25,29H,4-11,13H2,1-3H3,(H,30,32). The van der Waals surface area contributed by atoms with Crippen molar-refractivity contribution in [3.05, 3.63) is 39.9 Å². The van der Waals surface area contributed by atoms with Crippen molar-refractivity contribution in [2.45, 2.75) is 89.8 Å². The van der Waals surface area contributed by atoms with E-state index in [2.05, 4.69) is 22.5 Å². The molecule has 6 atom stereocenters. The van der Waals surface area contributed by atoms with Crippen molar-refractivity contribution in [3.63, 3.8) is 0 Å². The quantitative estimate of drug-likeness (QED) is 0.737. The van der Waals surface area contributed by atoms with E-state index in [1.54, 1.807) is 4.57 Å². The van der Waals surface area contributed by atoms with E-state index in [0.29, 0.717) is 12.0 Å². The van der Waals surface area contributed by atoms with Gasteiger partial charge in [0, 0.05) is 41.8 Å². The molecule has 33 heavy (non-hydrogen) atoms. The van der Waals surface area contributed by atoms with Crippen LogP contribution < -0.4 is 16.2 Å². The minimum Gasteiger partial charge on any atom is -0.341 e. The van der Waals surface area contributed by atoms with Crippen LogP contribution in [0.4, 0.5) is 0 Å². The number of nitrogens with one attached hydrogen (secondary N) is 2. The van der Waals surface area contributed by atoms with E-state index in [-0.39, 0.29) is 29.5 Å². The smallest absolute Gasteiger partial charge is 0.254 e. The van der Waals surface area contributed by atoms with Crippen LogP contribution in [0.25, 0.3) is 10.9 Å². The van der Waals surface area contributed by atoms with Crippen LogP contribution in [-0.2, 0) is 11.8 Å². The van der Waals surface area contributed by atoms with Gasteiger partial charge in [0.2, 0.25) is 5.91 Å². The third-order valence-corrected chi connectivity index (χ3v) is 8.71. The topological polar surface area (TPSA) is 76.0 Å². The fourth-order valence-corrected chi connectivity index (χ4v) is 6.65. The molecular formula is C27H38N4O2. The van der Waals surface area contributed by atoms with Crippen LogP contribution in [0.3, 0.4) is 0 Å². The molecule has 0 aromatic carbocycles. The second-order valence-corrected chi connectivity index (χ2v) is 10.9. The van der Waals surface area contributed by atoms with Gasteiger partial charge in [0.05, 0.1) is 11.7 Å². The first kappa shape index (κ1) is 22.6. The van der Waals surface area contributed by atoms with Crippen molar-refractivity contribution < 1.29 is 4.79 Å². The van der Waals surface area contributed by atoms with E-state index >= 15 is 0 Å². The number of pyridine rings is 2. The number of hydrogen-bond acceptors (Lipinski definition) is 4. The Morgan fingerprint density at radius 3 is 2.79 bits per heavy atom. The Morgan fingerprint density at radius 1 is 1.12 bits per heavy atom. The molecule has 3 fully saturated rings. The van der Waals surface area contributed by atoms with Gasteiger partial charge in [-0.2, -0.15) is 0 Å². The summed E-state index contributed by atoms with van der Waals surface area (Å²) in [6, 6.07) is 4.56. The summed E-state index contributed by atoms with van der Waals surface area (Å²) in [4.78, 5) is 31.0. The normalized spacial score (nSPS) is 32.3. The van der Waals surface area contributed by atoms with Gasteiger partial charge in [0.25, 0.3) is 5.56 Å². The highest BCUT2D eigenvalue weighted by Gasteiger charge is 2.37. The zero-order valence-electron chi connectivity index (χ0n) is 20.3. The van der Waals surface area contributed by atoms with Crippen molar-refractivity contribution in [1.82, 2.24) is 20.2 Å². The third-order valence-electron chi connectivity index (χ3n) is 8.71. The summed E-state index contributed by atoms with van der Waals surface area (Å²) in [6.07, 6.45) is 12.0. The summed E-state index contributed by atoms with van der Waals surface area (Å²) in [5, 5.41) is 8.04. The molecule has 0 bridgehead atoms. The number of carbonyl (C=O) groups is 1. The number of piperidine rings is 1. The number of amides is 1. The molecule has 1 aliphatic heterocycles.